The molecule has 5 nitrogen and oxygen atoms in total. The number of nitrogens with zero attached hydrogens (tertiary/aromatic N) is 1. The molecule has 1 aromatic rings. The highest BCUT2D eigenvalue weighted by Crippen LogP contribution is 2.21. The first kappa shape index (κ1) is 15.3. The normalized spacial score (nSPS) is 16.4. The second-order valence-corrected chi connectivity index (χ2v) is 7.33. The van der Waals surface area contributed by atoms with Crippen LogP contribution in [0.3, 0.4) is 0 Å². The smallest absolute Gasteiger partial charge is 0.337 e. The van der Waals surface area contributed by atoms with E-state index < -0.39 is 15.8 Å². The molecule has 110 valence electrons. The first-order valence-corrected chi connectivity index (χ1v) is 8.41. The zero-order chi connectivity index (χ0) is 14.8. The summed E-state index contributed by atoms with van der Waals surface area (Å²) in [6.07, 6.45) is 2.20. The molecule has 0 radical (unpaired) electrons. The Hall–Kier alpha value is -1.11. The number of carbonyl (C=O) groups is 1. The standard InChI is InChI=1S/C13H16ClNO4S/c14-12-4-3-10(9-11(12)13(16)17)20(18,19)8-7-15-5-1-2-6-15/h3-4,9H,1-2,5-8H2,(H,16,17). The summed E-state index contributed by atoms with van der Waals surface area (Å²) >= 11 is 5.74. The van der Waals surface area contributed by atoms with Gasteiger partial charge < -0.3 is 10.0 Å². The van der Waals surface area contributed by atoms with E-state index in [2.05, 4.69) is 4.90 Å². The van der Waals surface area contributed by atoms with E-state index in [9.17, 15) is 13.2 Å². The quantitative estimate of drug-likeness (QED) is 0.898. The van der Waals surface area contributed by atoms with Crippen LogP contribution in [-0.4, -0.2) is 49.8 Å². The molecular weight excluding hydrogens is 302 g/mol. The van der Waals surface area contributed by atoms with Crippen molar-refractivity contribution < 1.29 is 18.3 Å². The van der Waals surface area contributed by atoms with Crippen LogP contribution in [0.1, 0.15) is 23.2 Å². The largest absolute Gasteiger partial charge is 0.478 e. The van der Waals surface area contributed by atoms with Crippen molar-refractivity contribution in [3.05, 3.63) is 28.8 Å². The average molecular weight is 318 g/mol. The molecule has 1 heterocycles. The second kappa shape index (κ2) is 6.11. The molecule has 0 atom stereocenters. The summed E-state index contributed by atoms with van der Waals surface area (Å²) < 4.78 is 24.4. The molecule has 1 aromatic carbocycles. The van der Waals surface area contributed by atoms with E-state index in [1.54, 1.807) is 0 Å². The van der Waals surface area contributed by atoms with Crippen molar-refractivity contribution in [1.82, 2.24) is 4.90 Å². The summed E-state index contributed by atoms with van der Waals surface area (Å²) in [6, 6.07) is 3.80. The number of sulfone groups is 1. The fourth-order valence-corrected chi connectivity index (χ4v) is 3.74. The third-order valence-electron chi connectivity index (χ3n) is 3.40. The Bertz CT molecular complexity index is 609. The van der Waals surface area contributed by atoms with Gasteiger partial charge in [-0.25, -0.2) is 13.2 Å². The van der Waals surface area contributed by atoms with Crippen LogP contribution in [-0.2, 0) is 9.84 Å². The van der Waals surface area contributed by atoms with E-state index in [1.165, 1.54) is 12.1 Å². The van der Waals surface area contributed by atoms with Crippen LogP contribution in [0.2, 0.25) is 5.02 Å². The average Bonchev–Trinajstić information content (AvgIpc) is 2.89. The van der Waals surface area contributed by atoms with Gasteiger partial charge in [0.15, 0.2) is 9.84 Å². The van der Waals surface area contributed by atoms with Crippen LogP contribution in [0, 0.1) is 0 Å². The van der Waals surface area contributed by atoms with Gasteiger partial charge in [0.25, 0.3) is 0 Å². The maximum absolute atomic E-state index is 12.2. The molecule has 7 heteroatoms. The van der Waals surface area contributed by atoms with Crippen molar-refractivity contribution in [2.24, 2.45) is 0 Å². The minimum absolute atomic E-state index is 0.00626. The molecule has 1 saturated heterocycles. The monoisotopic (exact) mass is 317 g/mol. The molecule has 0 unspecified atom stereocenters. The van der Waals surface area contributed by atoms with Crippen LogP contribution < -0.4 is 0 Å². The zero-order valence-corrected chi connectivity index (χ0v) is 12.5. The summed E-state index contributed by atoms with van der Waals surface area (Å²) in [5, 5.41) is 9.01. The third kappa shape index (κ3) is 3.50. The number of hydrogen-bond acceptors (Lipinski definition) is 4. The number of likely N-dealkylation sites (tertiary alicyclic amines) is 1. The van der Waals surface area contributed by atoms with Crippen LogP contribution in [0.15, 0.2) is 23.1 Å². The predicted molar refractivity (Wildman–Crippen MR) is 76.1 cm³/mol. The highest BCUT2D eigenvalue weighted by molar-refractivity contribution is 7.91. The lowest BCUT2D eigenvalue weighted by Gasteiger charge is -2.14. The van der Waals surface area contributed by atoms with Gasteiger partial charge in [0.1, 0.15) is 0 Å². The van der Waals surface area contributed by atoms with Crippen molar-refractivity contribution in [2.75, 3.05) is 25.4 Å². The molecular formula is C13H16ClNO4S. The second-order valence-electron chi connectivity index (χ2n) is 4.81. The van der Waals surface area contributed by atoms with Gasteiger partial charge >= 0.3 is 5.97 Å². The van der Waals surface area contributed by atoms with Crippen molar-refractivity contribution in [3.8, 4) is 0 Å². The lowest BCUT2D eigenvalue weighted by atomic mass is 10.2. The van der Waals surface area contributed by atoms with Gasteiger partial charge in [-0.05, 0) is 44.1 Å². The van der Waals surface area contributed by atoms with Crippen molar-refractivity contribution in [3.63, 3.8) is 0 Å². The number of benzene rings is 1. The number of halogens is 1. The molecule has 2 rings (SSSR count). The highest BCUT2D eigenvalue weighted by Gasteiger charge is 2.20. The minimum Gasteiger partial charge on any atom is -0.478 e. The Kier molecular flexibility index (Phi) is 4.67. The molecule has 0 bridgehead atoms. The fraction of sp³-hybridized carbons (Fsp3) is 0.462. The van der Waals surface area contributed by atoms with Crippen molar-refractivity contribution in [2.45, 2.75) is 17.7 Å². The van der Waals surface area contributed by atoms with Crippen LogP contribution in [0.4, 0.5) is 0 Å². The topological polar surface area (TPSA) is 74.7 Å². The first-order valence-electron chi connectivity index (χ1n) is 6.38. The molecule has 20 heavy (non-hydrogen) atoms. The summed E-state index contributed by atoms with van der Waals surface area (Å²) in [5.74, 6) is -1.24. The molecule has 1 N–H and O–H groups in total. The molecule has 0 amide bonds. The molecule has 0 saturated carbocycles. The number of carboxylic acids is 1. The van der Waals surface area contributed by atoms with E-state index >= 15 is 0 Å². The number of aromatic carboxylic acids is 1. The van der Waals surface area contributed by atoms with Gasteiger partial charge in [-0.2, -0.15) is 0 Å². The van der Waals surface area contributed by atoms with E-state index in [0.29, 0.717) is 6.54 Å². The van der Waals surface area contributed by atoms with Gasteiger partial charge in [0.05, 0.1) is 21.2 Å². The maximum atomic E-state index is 12.2. The van der Waals surface area contributed by atoms with Gasteiger partial charge in [-0.1, -0.05) is 11.6 Å². The van der Waals surface area contributed by atoms with Crippen LogP contribution in [0.25, 0.3) is 0 Å². The van der Waals surface area contributed by atoms with Gasteiger partial charge in [0.2, 0.25) is 0 Å². The summed E-state index contributed by atoms with van der Waals surface area (Å²) in [7, 11) is -3.48. The van der Waals surface area contributed by atoms with E-state index in [4.69, 9.17) is 16.7 Å². The Morgan fingerprint density at radius 3 is 2.55 bits per heavy atom. The SMILES string of the molecule is O=C(O)c1cc(S(=O)(=O)CCN2CCCC2)ccc1Cl. The lowest BCUT2D eigenvalue weighted by molar-refractivity contribution is 0.0697. The van der Waals surface area contributed by atoms with Gasteiger partial charge in [0, 0.05) is 6.54 Å². The summed E-state index contributed by atoms with van der Waals surface area (Å²) in [4.78, 5) is 13.1. The Morgan fingerprint density at radius 1 is 1.30 bits per heavy atom. The lowest BCUT2D eigenvalue weighted by Crippen LogP contribution is -2.26. The Labute approximate surface area is 123 Å². The number of rotatable bonds is 5. The highest BCUT2D eigenvalue weighted by atomic mass is 35.5. The predicted octanol–water partition coefficient (Wildman–Crippen LogP) is 1.91. The number of hydrogen-bond donors (Lipinski definition) is 1. The van der Waals surface area contributed by atoms with Gasteiger partial charge in [-0.3, -0.25) is 0 Å². The zero-order valence-electron chi connectivity index (χ0n) is 10.9. The number of carboxylic acid groups (broad SMARTS) is 1. The van der Waals surface area contributed by atoms with Crippen LogP contribution in [0.5, 0.6) is 0 Å². The van der Waals surface area contributed by atoms with Gasteiger partial charge in [-0.15, -0.1) is 0 Å². The molecule has 0 aliphatic carbocycles. The maximum Gasteiger partial charge on any atom is 0.337 e. The van der Waals surface area contributed by atoms with Crippen LogP contribution >= 0.6 is 11.6 Å². The molecule has 1 aliphatic rings. The van der Waals surface area contributed by atoms with E-state index in [1.807, 2.05) is 0 Å². The van der Waals surface area contributed by atoms with Crippen molar-refractivity contribution >= 4 is 27.4 Å². The molecule has 0 spiro atoms. The van der Waals surface area contributed by atoms with E-state index in [0.717, 1.165) is 32.0 Å². The molecule has 1 fully saturated rings. The summed E-state index contributed by atoms with van der Waals surface area (Å²) in [5.41, 5.74) is -0.186. The molecule has 0 aromatic heterocycles. The Balaban J connectivity index is 2.16. The minimum atomic E-state index is -3.48. The Morgan fingerprint density at radius 2 is 1.95 bits per heavy atom. The van der Waals surface area contributed by atoms with Crippen molar-refractivity contribution in [1.29, 1.82) is 0 Å². The molecule has 1 aliphatic heterocycles. The van der Waals surface area contributed by atoms with E-state index in [-0.39, 0.29) is 21.2 Å². The first-order chi connectivity index (χ1) is 9.40. The third-order valence-corrected chi connectivity index (χ3v) is 5.42. The fourth-order valence-electron chi connectivity index (χ4n) is 2.24. The summed E-state index contributed by atoms with van der Waals surface area (Å²) in [6.45, 7) is 2.33.